The number of amidine groups is 1. The maximum Gasteiger partial charge on any atom is 0.138 e. The quantitative estimate of drug-likeness (QED) is 0.643. The lowest BCUT2D eigenvalue weighted by Crippen LogP contribution is -2.44. The van der Waals surface area contributed by atoms with E-state index in [9.17, 15) is 4.39 Å². The second-order valence-corrected chi connectivity index (χ2v) is 4.80. The summed E-state index contributed by atoms with van der Waals surface area (Å²) in [5.41, 5.74) is 6.15. The van der Waals surface area contributed by atoms with Crippen molar-refractivity contribution < 1.29 is 9.13 Å². The van der Waals surface area contributed by atoms with Gasteiger partial charge < -0.3 is 10.5 Å². The number of ether oxygens (including phenoxy) is 1. The highest BCUT2D eigenvalue weighted by atomic mass is 19.1. The van der Waals surface area contributed by atoms with E-state index in [2.05, 4.69) is 11.8 Å². The molecule has 2 rings (SSSR count). The SMILES string of the molecule is CCC1COCCN1Cc1cccc(C(=N)N)c1F. The van der Waals surface area contributed by atoms with Crippen LogP contribution in [0.3, 0.4) is 0 Å². The highest BCUT2D eigenvalue weighted by Crippen LogP contribution is 2.18. The minimum absolute atomic E-state index is 0.179. The van der Waals surface area contributed by atoms with Gasteiger partial charge in [-0.2, -0.15) is 0 Å². The first-order valence-electron chi connectivity index (χ1n) is 6.57. The summed E-state index contributed by atoms with van der Waals surface area (Å²) in [6, 6.07) is 5.37. The van der Waals surface area contributed by atoms with Crippen LogP contribution in [0, 0.1) is 11.2 Å². The molecule has 0 amide bonds. The molecule has 0 saturated carbocycles. The van der Waals surface area contributed by atoms with Crippen LogP contribution in [0.2, 0.25) is 0 Å². The summed E-state index contributed by atoms with van der Waals surface area (Å²) >= 11 is 0. The van der Waals surface area contributed by atoms with Crippen LogP contribution in [0.1, 0.15) is 24.5 Å². The first-order chi connectivity index (χ1) is 9.13. The van der Waals surface area contributed by atoms with E-state index in [-0.39, 0.29) is 17.2 Å². The summed E-state index contributed by atoms with van der Waals surface area (Å²) in [6.07, 6.45) is 0.980. The Bertz CT molecular complexity index is 464. The van der Waals surface area contributed by atoms with Crippen molar-refractivity contribution in [3.63, 3.8) is 0 Å². The lowest BCUT2D eigenvalue weighted by molar-refractivity contribution is -0.0131. The standard InChI is InChI=1S/C14H20FN3O/c1-2-11-9-19-7-6-18(11)8-10-4-3-5-12(13(10)15)14(16)17/h3-5,11H,2,6-9H2,1H3,(H3,16,17). The molecule has 19 heavy (non-hydrogen) atoms. The van der Waals surface area contributed by atoms with Gasteiger partial charge in [-0.25, -0.2) is 4.39 Å². The molecule has 0 radical (unpaired) electrons. The van der Waals surface area contributed by atoms with E-state index in [1.54, 1.807) is 12.1 Å². The third-order valence-corrected chi connectivity index (χ3v) is 3.56. The second-order valence-electron chi connectivity index (χ2n) is 4.80. The molecule has 1 heterocycles. The number of benzene rings is 1. The molecular formula is C14H20FN3O. The number of hydrogen-bond acceptors (Lipinski definition) is 3. The van der Waals surface area contributed by atoms with Crippen molar-refractivity contribution in [2.75, 3.05) is 19.8 Å². The zero-order valence-electron chi connectivity index (χ0n) is 11.2. The van der Waals surface area contributed by atoms with E-state index < -0.39 is 0 Å². The van der Waals surface area contributed by atoms with E-state index in [4.69, 9.17) is 15.9 Å². The number of rotatable bonds is 4. The monoisotopic (exact) mass is 265 g/mol. The predicted octanol–water partition coefficient (Wildman–Crippen LogP) is 1.72. The van der Waals surface area contributed by atoms with Crippen LogP contribution in [0.25, 0.3) is 0 Å². The Labute approximate surface area is 112 Å². The highest BCUT2D eigenvalue weighted by molar-refractivity contribution is 5.95. The van der Waals surface area contributed by atoms with Crippen LogP contribution in [0.15, 0.2) is 18.2 Å². The van der Waals surface area contributed by atoms with E-state index >= 15 is 0 Å². The molecule has 0 bridgehead atoms. The van der Waals surface area contributed by atoms with Gasteiger partial charge in [-0.05, 0) is 12.5 Å². The minimum Gasteiger partial charge on any atom is -0.384 e. The average Bonchev–Trinajstić information content (AvgIpc) is 2.41. The van der Waals surface area contributed by atoms with Gasteiger partial charge in [-0.3, -0.25) is 10.3 Å². The zero-order chi connectivity index (χ0) is 13.8. The highest BCUT2D eigenvalue weighted by Gasteiger charge is 2.23. The van der Waals surface area contributed by atoms with Crippen molar-refractivity contribution >= 4 is 5.84 Å². The fourth-order valence-electron chi connectivity index (χ4n) is 2.40. The topological polar surface area (TPSA) is 62.3 Å². The summed E-state index contributed by atoms with van der Waals surface area (Å²) < 4.78 is 19.7. The molecule has 0 spiro atoms. The van der Waals surface area contributed by atoms with E-state index in [0.29, 0.717) is 31.4 Å². The van der Waals surface area contributed by atoms with Crippen molar-refractivity contribution in [1.29, 1.82) is 5.41 Å². The fraction of sp³-hybridized carbons (Fsp3) is 0.500. The Morgan fingerprint density at radius 3 is 3.05 bits per heavy atom. The molecule has 1 aliphatic heterocycles. The molecular weight excluding hydrogens is 245 g/mol. The Kier molecular flexibility index (Phi) is 4.50. The molecule has 1 fully saturated rings. The first kappa shape index (κ1) is 14.0. The lowest BCUT2D eigenvalue weighted by Gasteiger charge is -2.35. The molecule has 104 valence electrons. The van der Waals surface area contributed by atoms with Gasteiger partial charge in [0.2, 0.25) is 0 Å². The molecule has 5 heteroatoms. The van der Waals surface area contributed by atoms with Crippen LogP contribution in [-0.4, -0.2) is 36.5 Å². The van der Waals surface area contributed by atoms with Gasteiger partial charge in [0.05, 0.1) is 18.8 Å². The summed E-state index contributed by atoms with van der Waals surface area (Å²) in [6.45, 7) is 4.83. The number of hydrogen-bond donors (Lipinski definition) is 2. The fourth-order valence-corrected chi connectivity index (χ4v) is 2.40. The number of nitrogens with two attached hydrogens (primary N) is 1. The van der Waals surface area contributed by atoms with E-state index in [1.165, 1.54) is 6.07 Å². The van der Waals surface area contributed by atoms with E-state index in [0.717, 1.165) is 13.0 Å². The van der Waals surface area contributed by atoms with Crippen molar-refractivity contribution in [1.82, 2.24) is 4.90 Å². The van der Waals surface area contributed by atoms with Gasteiger partial charge >= 0.3 is 0 Å². The van der Waals surface area contributed by atoms with Crippen molar-refractivity contribution in [3.05, 3.63) is 35.1 Å². The number of morpholine rings is 1. The van der Waals surface area contributed by atoms with Crippen LogP contribution < -0.4 is 5.73 Å². The average molecular weight is 265 g/mol. The van der Waals surface area contributed by atoms with Crippen LogP contribution in [0.5, 0.6) is 0 Å². The van der Waals surface area contributed by atoms with Crippen molar-refractivity contribution in [2.45, 2.75) is 25.9 Å². The molecule has 1 aromatic carbocycles. The number of halogens is 1. The number of nitrogens with zero attached hydrogens (tertiary/aromatic N) is 1. The van der Waals surface area contributed by atoms with E-state index in [1.807, 2.05) is 0 Å². The molecule has 3 N–H and O–H groups in total. The second kappa shape index (κ2) is 6.12. The van der Waals surface area contributed by atoms with Gasteiger partial charge in [0, 0.05) is 24.7 Å². The summed E-state index contributed by atoms with van der Waals surface area (Å²) in [5.74, 6) is -0.607. The van der Waals surface area contributed by atoms with Crippen LogP contribution >= 0.6 is 0 Å². The van der Waals surface area contributed by atoms with Crippen molar-refractivity contribution in [3.8, 4) is 0 Å². The molecule has 4 nitrogen and oxygen atoms in total. The summed E-state index contributed by atoms with van der Waals surface area (Å²) in [5, 5.41) is 7.37. The summed E-state index contributed by atoms with van der Waals surface area (Å²) in [4.78, 5) is 2.23. The molecule has 1 aromatic rings. The van der Waals surface area contributed by atoms with Gasteiger partial charge in [0.1, 0.15) is 11.7 Å². The lowest BCUT2D eigenvalue weighted by atomic mass is 10.1. The third kappa shape index (κ3) is 3.11. The molecule has 0 aromatic heterocycles. The maximum absolute atomic E-state index is 14.2. The summed E-state index contributed by atoms with van der Waals surface area (Å²) in [7, 11) is 0. The van der Waals surface area contributed by atoms with Gasteiger partial charge in [-0.15, -0.1) is 0 Å². The maximum atomic E-state index is 14.2. The minimum atomic E-state index is -0.378. The van der Waals surface area contributed by atoms with Gasteiger partial charge in [0.15, 0.2) is 0 Å². The normalized spacial score (nSPS) is 20.4. The molecule has 1 saturated heterocycles. The molecule has 1 unspecified atom stereocenters. The molecule has 1 aliphatic rings. The largest absolute Gasteiger partial charge is 0.384 e. The Hall–Kier alpha value is -1.46. The van der Waals surface area contributed by atoms with Crippen LogP contribution in [0.4, 0.5) is 4.39 Å². The van der Waals surface area contributed by atoms with Gasteiger partial charge in [-0.1, -0.05) is 19.1 Å². The number of nitrogens with one attached hydrogen (secondary N) is 1. The molecule has 1 atom stereocenters. The predicted molar refractivity (Wildman–Crippen MR) is 72.7 cm³/mol. The number of nitrogen functional groups attached to an aromatic ring is 1. The smallest absolute Gasteiger partial charge is 0.138 e. The Morgan fingerprint density at radius 1 is 1.58 bits per heavy atom. The first-order valence-corrected chi connectivity index (χ1v) is 6.57. The third-order valence-electron chi connectivity index (χ3n) is 3.56. The van der Waals surface area contributed by atoms with Crippen LogP contribution in [-0.2, 0) is 11.3 Å². The Morgan fingerprint density at radius 2 is 2.37 bits per heavy atom. The Balaban J connectivity index is 2.18. The van der Waals surface area contributed by atoms with Crippen molar-refractivity contribution in [2.24, 2.45) is 5.73 Å². The van der Waals surface area contributed by atoms with Gasteiger partial charge in [0.25, 0.3) is 0 Å². The molecule has 0 aliphatic carbocycles. The zero-order valence-corrected chi connectivity index (χ0v) is 11.2.